The molecule has 0 amide bonds. The van der Waals surface area contributed by atoms with Crippen LogP contribution in [0.5, 0.6) is 11.5 Å². The molecule has 5 aromatic rings. The Kier molecular flexibility index (Phi) is 9.98. The highest BCUT2D eigenvalue weighted by molar-refractivity contribution is 6.36. The highest BCUT2D eigenvalue weighted by Gasteiger charge is 2.31. The smallest absolute Gasteiger partial charge is 0.494 e. The predicted octanol–water partition coefficient (Wildman–Crippen LogP) is 10.8. The average Bonchev–Trinajstić information content (AvgIpc) is 3.39. The van der Waals surface area contributed by atoms with Crippen LogP contribution in [0.25, 0.3) is 34.5 Å². The Balaban J connectivity index is 1.36. The molecule has 0 spiro atoms. The van der Waals surface area contributed by atoms with Gasteiger partial charge in [0, 0.05) is 23.3 Å². The summed E-state index contributed by atoms with van der Waals surface area (Å²) in [7, 11) is 0. The second-order valence-corrected chi connectivity index (χ2v) is 11.0. The third kappa shape index (κ3) is 8.46. The minimum absolute atomic E-state index is 0.277. The molecule has 0 atom stereocenters. The average molecular weight is 638 g/mol. The van der Waals surface area contributed by atoms with Gasteiger partial charge >= 0.3 is 6.36 Å². The number of ether oxygens (including phenoxy) is 2. The van der Waals surface area contributed by atoms with E-state index >= 15 is 0 Å². The minimum Gasteiger partial charge on any atom is -0.494 e. The van der Waals surface area contributed by atoms with Gasteiger partial charge in [-0.2, -0.15) is 0 Å². The predicted molar refractivity (Wildman–Crippen MR) is 171 cm³/mol. The molecular formula is C35H29Cl2F3N2O2. The first-order valence-corrected chi connectivity index (χ1v) is 14.8. The molecule has 0 saturated carbocycles. The van der Waals surface area contributed by atoms with Gasteiger partial charge in [-0.25, -0.2) is 4.98 Å². The van der Waals surface area contributed by atoms with Crippen molar-refractivity contribution >= 4 is 35.4 Å². The van der Waals surface area contributed by atoms with Gasteiger partial charge in [-0.15, -0.1) is 13.2 Å². The maximum absolute atomic E-state index is 12.6. The van der Waals surface area contributed by atoms with Crippen LogP contribution in [0, 0.1) is 0 Å². The fourth-order valence-corrected chi connectivity index (χ4v) is 5.05. The molecule has 44 heavy (non-hydrogen) atoms. The molecule has 0 aliphatic carbocycles. The first-order chi connectivity index (χ1) is 21.2. The molecule has 0 radical (unpaired) electrons. The van der Waals surface area contributed by atoms with Crippen LogP contribution < -0.4 is 9.47 Å². The molecule has 9 heteroatoms. The van der Waals surface area contributed by atoms with Gasteiger partial charge < -0.3 is 14.0 Å². The van der Waals surface area contributed by atoms with Gasteiger partial charge in [0.1, 0.15) is 17.3 Å². The van der Waals surface area contributed by atoms with Crippen LogP contribution in [0.4, 0.5) is 13.2 Å². The third-order valence-corrected chi connectivity index (χ3v) is 7.36. The third-order valence-electron chi connectivity index (χ3n) is 6.81. The molecule has 226 valence electrons. The lowest BCUT2D eigenvalue weighted by Gasteiger charge is -2.10. The summed E-state index contributed by atoms with van der Waals surface area (Å²) in [6.45, 7) is 3.21. The van der Waals surface area contributed by atoms with Crippen LogP contribution in [0.2, 0.25) is 10.0 Å². The summed E-state index contributed by atoms with van der Waals surface area (Å²) in [6.07, 6.45) is 3.08. The molecule has 4 nitrogen and oxygen atoms in total. The van der Waals surface area contributed by atoms with Crippen molar-refractivity contribution < 1.29 is 22.6 Å². The summed E-state index contributed by atoms with van der Waals surface area (Å²) in [6, 6.07) is 27.2. The van der Waals surface area contributed by atoms with Crippen LogP contribution in [0.3, 0.4) is 0 Å². The second kappa shape index (κ2) is 14.1. The fraction of sp³-hybridized carbons (Fsp3) is 0.171. The summed E-state index contributed by atoms with van der Waals surface area (Å²) in [5.74, 6) is 1.23. The normalized spacial score (nSPS) is 11.7. The summed E-state index contributed by atoms with van der Waals surface area (Å²) >= 11 is 12.6. The van der Waals surface area contributed by atoms with Crippen molar-refractivity contribution in [2.24, 2.45) is 0 Å². The van der Waals surface area contributed by atoms with Gasteiger partial charge in [0.2, 0.25) is 0 Å². The molecular weight excluding hydrogens is 608 g/mol. The lowest BCUT2D eigenvalue weighted by atomic mass is 10.0. The maximum Gasteiger partial charge on any atom is 0.573 e. The van der Waals surface area contributed by atoms with Gasteiger partial charge in [0.25, 0.3) is 0 Å². The van der Waals surface area contributed by atoms with E-state index in [2.05, 4.69) is 23.8 Å². The molecule has 0 N–H and O–H groups in total. The van der Waals surface area contributed by atoms with Crippen molar-refractivity contribution in [1.29, 1.82) is 0 Å². The Hall–Kier alpha value is -4.20. The summed E-state index contributed by atoms with van der Waals surface area (Å²) in [5, 5.41) is 0.974. The number of benzene rings is 4. The molecule has 0 unspecified atom stereocenters. The van der Waals surface area contributed by atoms with E-state index in [1.165, 1.54) is 12.1 Å². The number of halogens is 5. The van der Waals surface area contributed by atoms with Crippen LogP contribution in [0.15, 0.2) is 97.2 Å². The van der Waals surface area contributed by atoms with E-state index in [0.717, 1.165) is 40.8 Å². The Bertz CT molecular complexity index is 1710. The zero-order chi connectivity index (χ0) is 31.1. The van der Waals surface area contributed by atoms with Crippen molar-refractivity contribution in [3.05, 3.63) is 124 Å². The van der Waals surface area contributed by atoms with Gasteiger partial charge in [0.05, 0.1) is 17.3 Å². The fourth-order valence-electron chi connectivity index (χ4n) is 4.55. The molecule has 1 aromatic heterocycles. The Morgan fingerprint density at radius 3 is 2.11 bits per heavy atom. The SMILES string of the molecule is CCCCOc1ccc(-c2ccc(C=Cc3nc(-c4ccc(Cl)cc4Cl)cn3Cc3ccc(OC(F)(F)F)cc3)cc2)cc1. The number of nitrogens with zero attached hydrogens (tertiary/aromatic N) is 2. The van der Waals surface area contributed by atoms with Gasteiger partial charge in [-0.05, 0) is 77.2 Å². The van der Waals surface area contributed by atoms with E-state index in [-0.39, 0.29) is 5.75 Å². The Morgan fingerprint density at radius 1 is 0.818 bits per heavy atom. The van der Waals surface area contributed by atoms with E-state index in [1.807, 2.05) is 59.3 Å². The molecule has 4 aromatic carbocycles. The monoisotopic (exact) mass is 636 g/mol. The molecule has 0 saturated heterocycles. The lowest BCUT2D eigenvalue weighted by Crippen LogP contribution is -2.17. The maximum atomic E-state index is 12.6. The molecule has 0 aliphatic rings. The lowest BCUT2D eigenvalue weighted by molar-refractivity contribution is -0.274. The number of hydrogen-bond donors (Lipinski definition) is 0. The van der Waals surface area contributed by atoms with Crippen LogP contribution in [-0.2, 0) is 6.54 Å². The van der Waals surface area contributed by atoms with Crippen molar-refractivity contribution in [1.82, 2.24) is 9.55 Å². The van der Waals surface area contributed by atoms with Crippen molar-refractivity contribution in [2.75, 3.05) is 6.61 Å². The largest absolute Gasteiger partial charge is 0.573 e. The highest BCUT2D eigenvalue weighted by atomic mass is 35.5. The number of unbranched alkanes of at least 4 members (excludes halogenated alkanes) is 1. The molecule has 5 rings (SSSR count). The first kappa shape index (κ1) is 31.2. The van der Waals surface area contributed by atoms with Gasteiger partial charge in [-0.3, -0.25) is 0 Å². The summed E-state index contributed by atoms with van der Waals surface area (Å²) < 4.78 is 49.5. The quantitative estimate of drug-likeness (QED) is 0.135. The van der Waals surface area contributed by atoms with Gasteiger partial charge in [0.15, 0.2) is 0 Å². The van der Waals surface area contributed by atoms with E-state index < -0.39 is 6.36 Å². The number of aromatic nitrogens is 2. The molecule has 0 fully saturated rings. The van der Waals surface area contributed by atoms with E-state index in [4.69, 9.17) is 32.9 Å². The van der Waals surface area contributed by atoms with Crippen molar-refractivity contribution in [3.63, 3.8) is 0 Å². The van der Waals surface area contributed by atoms with Crippen LogP contribution in [0.1, 0.15) is 36.7 Å². The number of alkyl halides is 3. The molecule has 0 bridgehead atoms. The number of imidazole rings is 1. The van der Waals surface area contributed by atoms with E-state index in [9.17, 15) is 13.2 Å². The standard InChI is InChI=1S/C35H29Cl2F3N2O2/c1-2-3-20-43-29-16-11-27(12-17-29)26-9-4-24(5-10-26)8-19-34-41-33(31-18-13-28(36)21-32(31)37)23-42(34)22-25-6-14-30(15-7-25)44-35(38,39)40/h4-19,21,23H,2-3,20,22H2,1H3. The molecule has 1 heterocycles. The van der Waals surface area contributed by atoms with Crippen molar-refractivity contribution in [3.8, 4) is 33.9 Å². The van der Waals surface area contributed by atoms with E-state index in [0.29, 0.717) is 40.3 Å². The Labute approximate surface area is 264 Å². The van der Waals surface area contributed by atoms with Gasteiger partial charge in [-0.1, -0.05) is 91.2 Å². The zero-order valence-electron chi connectivity index (χ0n) is 23.8. The highest BCUT2D eigenvalue weighted by Crippen LogP contribution is 2.31. The zero-order valence-corrected chi connectivity index (χ0v) is 25.3. The second-order valence-electron chi connectivity index (χ2n) is 10.1. The van der Waals surface area contributed by atoms with Crippen LogP contribution in [-0.4, -0.2) is 22.5 Å². The van der Waals surface area contributed by atoms with Crippen molar-refractivity contribution in [2.45, 2.75) is 32.7 Å². The minimum atomic E-state index is -4.75. The summed E-state index contributed by atoms with van der Waals surface area (Å²) in [5.41, 5.74) is 5.27. The van der Waals surface area contributed by atoms with E-state index in [1.54, 1.807) is 30.3 Å². The van der Waals surface area contributed by atoms with Crippen LogP contribution >= 0.6 is 23.2 Å². The first-order valence-electron chi connectivity index (χ1n) is 14.1. The number of hydrogen-bond acceptors (Lipinski definition) is 3. The topological polar surface area (TPSA) is 36.3 Å². The summed E-state index contributed by atoms with van der Waals surface area (Å²) in [4.78, 5) is 4.81. The number of rotatable bonds is 11. The molecule has 0 aliphatic heterocycles. The Morgan fingerprint density at radius 2 is 1.48 bits per heavy atom.